The minimum Gasteiger partial charge on any atom is -0.497 e. The van der Waals surface area contributed by atoms with Crippen LogP contribution in [0, 0.1) is 0 Å². The Morgan fingerprint density at radius 2 is 2.18 bits per heavy atom. The summed E-state index contributed by atoms with van der Waals surface area (Å²) in [6.07, 6.45) is 5.61. The molecule has 0 saturated carbocycles. The molecule has 2 aromatic rings. The summed E-state index contributed by atoms with van der Waals surface area (Å²) in [4.78, 5) is 16.1. The van der Waals surface area contributed by atoms with Gasteiger partial charge in [-0.05, 0) is 13.0 Å². The molecule has 6 heteroatoms. The summed E-state index contributed by atoms with van der Waals surface area (Å²) in [5.41, 5.74) is 0.830. The fraction of sp³-hybridized carbons (Fsp3) is 0.375. The van der Waals surface area contributed by atoms with Gasteiger partial charge in [-0.3, -0.25) is 4.79 Å². The molecule has 0 aliphatic heterocycles. The van der Waals surface area contributed by atoms with Crippen molar-refractivity contribution in [3.05, 3.63) is 42.5 Å². The molecule has 0 radical (unpaired) electrons. The van der Waals surface area contributed by atoms with Crippen molar-refractivity contribution in [1.29, 1.82) is 0 Å². The van der Waals surface area contributed by atoms with E-state index in [4.69, 9.17) is 9.47 Å². The van der Waals surface area contributed by atoms with Crippen molar-refractivity contribution < 1.29 is 14.3 Å². The van der Waals surface area contributed by atoms with Crippen LogP contribution in [0.1, 0.15) is 18.5 Å². The van der Waals surface area contributed by atoms with Gasteiger partial charge in [0.05, 0.1) is 27.0 Å². The lowest BCUT2D eigenvalue weighted by Crippen LogP contribution is -2.30. The Hall–Kier alpha value is -2.50. The lowest BCUT2D eigenvalue weighted by atomic mass is 10.1. The number of aromatic nitrogens is 2. The number of rotatable bonds is 7. The van der Waals surface area contributed by atoms with Gasteiger partial charge in [-0.2, -0.15) is 0 Å². The second kappa shape index (κ2) is 7.49. The predicted octanol–water partition coefficient (Wildman–Crippen LogP) is 1.82. The van der Waals surface area contributed by atoms with E-state index in [9.17, 15) is 4.79 Å². The molecule has 1 atom stereocenters. The van der Waals surface area contributed by atoms with E-state index in [1.54, 1.807) is 32.8 Å². The quantitative estimate of drug-likeness (QED) is 0.847. The van der Waals surface area contributed by atoms with Crippen LogP contribution in [0.15, 0.2) is 36.9 Å². The number of carbonyl (C=O) groups excluding carboxylic acids is 1. The summed E-state index contributed by atoms with van der Waals surface area (Å²) in [5, 5.41) is 2.92. The number of carbonyl (C=O) groups is 1. The summed E-state index contributed by atoms with van der Waals surface area (Å²) >= 11 is 0. The number of nitrogens with one attached hydrogen (secondary N) is 1. The van der Waals surface area contributed by atoms with Gasteiger partial charge in [0.15, 0.2) is 0 Å². The van der Waals surface area contributed by atoms with E-state index in [1.807, 2.05) is 29.8 Å². The molecule has 0 spiro atoms. The van der Waals surface area contributed by atoms with E-state index in [1.165, 1.54) is 0 Å². The van der Waals surface area contributed by atoms with E-state index < -0.39 is 0 Å². The maximum Gasteiger partial charge on any atom is 0.224 e. The first-order chi connectivity index (χ1) is 10.6. The van der Waals surface area contributed by atoms with Crippen molar-refractivity contribution in [2.75, 3.05) is 20.8 Å². The van der Waals surface area contributed by atoms with Crippen LogP contribution in [0.3, 0.4) is 0 Å². The van der Waals surface area contributed by atoms with Crippen LogP contribution in [-0.2, 0) is 11.2 Å². The van der Waals surface area contributed by atoms with Gasteiger partial charge < -0.3 is 19.4 Å². The topological polar surface area (TPSA) is 65.4 Å². The van der Waals surface area contributed by atoms with Gasteiger partial charge in [0.2, 0.25) is 5.91 Å². The number of hydrogen-bond donors (Lipinski definition) is 1. The van der Waals surface area contributed by atoms with E-state index in [-0.39, 0.29) is 18.4 Å². The highest BCUT2D eigenvalue weighted by molar-refractivity contribution is 5.79. The zero-order valence-corrected chi connectivity index (χ0v) is 13.1. The standard InChI is InChI=1S/C16H21N3O3/c1-12(19-7-6-17-11-19)10-18-16(20)8-13-4-5-14(21-2)9-15(13)22-3/h4-7,9,11-12H,8,10H2,1-3H3,(H,18,20)/t12-/m0/s1. The number of imidazole rings is 1. The second-order valence-corrected chi connectivity index (χ2v) is 5.02. The third-order valence-corrected chi connectivity index (χ3v) is 3.47. The highest BCUT2D eigenvalue weighted by Crippen LogP contribution is 2.24. The Bertz CT molecular complexity index is 611. The molecule has 0 aliphatic rings. The van der Waals surface area contributed by atoms with Crippen LogP contribution in [0.25, 0.3) is 0 Å². The Morgan fingerprint density at radius 1 is 1.36 bits per heavy atom. The minimum atomic E-state index is -0.0459. The SMILES string of the molecule is COc1ccc(CC(=O)NC[C@H](C)n2ccnc2)c(OC)c1. The first kappa shape index (κ1) is 15.9. The van der Waals surface area contributed by atoms with Crippen LogP contribution in [0.2, 0.25) is 0 Å². The molecular formula is C16H21N3O3. The monoisotopic (exact) mass is 303 g/mol. The number of benzene rings is 1. The molecule has 2 rings (SSSR count). The molecule has 1 aromatic heterocycles. The zero-order chi connectivity index (χ0) is 15.9. The molecule has 0 saturated heterocycles. The Morgan fingerprint density at radius 3 is 2.82 bits per heavy atom. The van der Waals surface area contributed by atoms with Gasteiger partial charge in [0, 0.05) is 36.6 Å². The van der Waals surface area contributed by atoms with Gasteiger partial charge in [-0.1, -0.05) is 6.07 Å². The minimum absolute atomic E-state index is 0.0459. The maximum atomic E-state index is 12.1. The lowest BCUT2D eigenvalue weighted by Gasteiger charge is -2.15. The summed E-state index contributed by atoms with van der Waals surface area (Å²) in [5.74, 6) is 1.31. The summed E-state index contributed by atoms with van der Waals surface area (Å²) in [7, 11) is 3.18. The molecule has 1 heterocycles. The smallest absolute Gasteiger partial charge is 0.224 e. The third-order valence-electron chi connectivity index (χ3n) is 3.47. The molecule has 22 heavy (non-hydrogen) atoms. The molecular weight excluding hydrogens is 282 g/mol. The lowest BCUT2D eigenvalue weighted by molar-refractivity contribution is -0.120. The van der Waals surface area contributed by atoms with Crippen LogP contribution < -0.4 is 14.8 Å². The van der Waals surface area contributed by atoms with Gasteiger partial charge in [-0.25, -0.2) is 4.98 Å². The molecule has 0 unspecified atom stereocenters. The van der Waals surface area contributed by atoms with Crippen molar-refractivity contribution in [2.24, 2.45) is 0 Å². The Balaban J connectivity index is 1.92. The molecule has 0 bridgehead atoms. The average Bonchev–Trinajstić information content (AvgIpc) is 3.07. The molecule has 6 nitrogen and oxygen atoms in total. The predicted molar refractivity (Wildman–Crippen MR) is 83.2 cm³/mol. The van der Waals surface area contributed by atoms with Crippen molar-refractivity contribution in [3.8, 4) is 11.5 Å². The van der Waals surface area contributed by atoms with Crippen LogP contribution in [-0.4, -0.2) is 36.2 Å². The molecule has 118 valence electrons. The van der Waals surface area contributed by atoms with Crippen LogP contribution in [0.4, 0.5) is 0 Å². The van der Waals surface area contributed by atoms with Crippen molar-refractivity contribution in [1.82, 2.24) is 14.9 Å². The van der Waals surface area contributed by atoms with E-state index in [2.05, 4.69) is 10.3 Å². The maximum absolute atomic E-state index is 12.1. The molecule has 1 N–H and O–H groups in total. The number of ether oxygens (including phenoxy) is 2. The Labute approximate surface area is 130 Å². The fourth-order valence-corrected chi connectivity index (χ4v) is 2.13. The van der Waals surface area contributed by atoms with Gasteiger partial charge >= 0.3 is 0 Å². The van der Waals surface area contributed by atoms with Crippen LogP contribution in [0.5, 0.6) is 11.5 Å². The third kappa shape index (κ3) is 4.00. The highest BCUT2D eigenvalue weighted by Gasteiger charge is 2.11. The number of amides is 1. The highest BCUT2D eigenvalue weighted by atomic mass is 16.5. The van der Waals surface area contributed by atoms with Gasteiger partial charge in [0.25, 0.3) is 0 Å². The summed E-state index contributed by atoms with van der Waals surface area (Å²) < 4.78 is 12.4. The summed E-state index contributed by atoms with van der Waals surface area (Å²) in [6, 6.07) is 5.59. The van der Waals surface area contributed by atoms with Crippen molar-refractivity contribution in [3.63, 3.8) is 0 Å². The van der Waals surface area contributed by atoms with E-state index in [0.717, 1.165) is 5.56 Å². The van der Waals surface area contributed by atoms with Gasteiger partial charge in [-0.15, -0.1) is 0 Å². The molecule has 0 fully saturated rings. The zero-order valence-electron chi connectivity index (χ0n) is 13.1. The second-order valence-electron chi connectivity index (χ2n) is 5.02. The Kier molecular flexibility index (Phi) is 5.41. The number of methoxy groups -OCH3 is 2. The first-order valence-corrected chi connectivity index (χ1v) is 7.09. The van der Waals surface area contributed by atoms with Crippen molar-refractivity contribution >= 4 is 5.91 Å². The largest absolute Gasteiger partial charge is 0.497 e. The average molecular weight is 303 g/mol. The number of hydrogen-bond acceptors (Lipinski definition) is 4. The summed E-state index contributed by atoms with van der Waals surface area (Å²) in [6.45, 7) is 2.57. The van der Waals surface area contributed by atoms with E-state index in [0.29, 0.717) is 18.0 Å². The van der Waals surface area contributed by atoms with Crippen molar-refractivity contribution in [2.45, 2.75) is 19.4 Å². The molecule has 0 aliphatic carbocycles. The number of nitrogens with zero attached hydrogens (tertiary/aromatic N) is 2. The molecule has 1 amide bonds. The van der Waals surface area contributed by atoms with E-state index >= 15 is 0 Å². The molecule has 1 aromatic carbocycles. The normalized spacial score (nSPS) is 11.8. The first-order valence-electron chi connectivity index (χ1n) is 7.09. The van der Waals surface area contributed by atoms with Crippen LogP contribution >= 0.6 is 0 Å². The van der Waals surface area contributed by atoms with Gasteiger partial charge in [0.1, 0.15) is 11.5 Å². The fourth-order valence-electron chi connectivity index (χ4n) is 2.13.